The Kier molecular flexibility index (Phi) is 299. The Labute approximate surface area is 58.1 Å². The van der Waals surface area contributed by atoms with Gasteiger partial charge in [0.15, 0.2) is 0 Å². The summed E-state index contributed by atoms with van der Waals surface area (Å²) < 4.78 is 0. The maximum Gasteiger partial charge on any atom is 0 e. The minimum Gasteiger partial charge on any atom is -0.0654 e. The van der Waals surface area contributed by atoms with Crippen molar-refractivity contribution in [2.45, 2.75) is 13.8 Å². The van der Waals surface area contributed by atoms with Gasteiger partial charge in [0.05, 0.1) is 0 Å². The molecular weight excluding hydrogens is 255 g/mol. The summed E-state index contributed by atoms with van der Waals surface area (Å²) in [7, 11) is 0. The summed E-state index contributed by atoms with van der Waals surface area (Å²) in [6.45, 7) is 10.0. The van der Waals surface area contributed by atoms with E-state index >= 15 is 0 Å². The Morgan fingerprint density at radius 3 is 1.00 bits per heavy atom. The number of hydrogen-bond donors (Lipinski definition) is 0. The fraction of sp³-hybridized carbons (Fsp3) is 0.500. The second-order valence-corrected chi connectivity index (χ2v) is 0. The van der Waals surface area contributed by atoms with Crippen molar-refractivity contribution in [2.24, 2.45) is 0 Å². The molecule has 0 unspecified atom stereocenters. The molecule has 6 radical (unpaired) electrons. The second-order valence-electron chi connectivity index (χ2n) is 0. The van der Waals surface area contributed by atoms with E-state index in [-0.39, 0.29) is 30.2 Å². The summed E-state index contributed by atoms with van der Waals surface area (Å²) >= 11 is 0. The molecule has 0 nitrogen and oxygen atoms in total. The molecule has 0 heterocycles. The van der Waals surface area contributed by atoms with Crippen molar-refractivity contribution in [1.82, 2.24) is 0 Å². The van der Waals surface area contributed by atoms with Crippen LogP contribution < -0.4 is 0 Å². The van der Waals surface area contributed by atoms with Gasteiger partial charge in [0.1, 0.15) is 0 Å². The summed E-state index contributed by atoms with van der Waals surface area (Å²) in [5, 5.41) is 0. The van der Waals surface area contributed by atoms with E-state index < -0.39 is 0 Å². The van der Waals surface area contributed by atoms with Crippen LogP contribution in [-0.2, 0) is 0 Å². The van der Waals surface area contributed by atoms with Gasteiger partial charge in [-0.15, -0.1) is 0 Å². The quantitative estimate of drug-likeness (QED) is 0.588. The van der Waals surface area contributed by atoms with Gasteiger partial charge in [0.25, 0.3) is 0 Å². The molecule has 0 aliphatic rings. The van der Waals surface area contributed by atoms with E-state index in [0.29, 0.717) is 0 Å². The van der Waals surface area contributed by atoms with Gasteiger partial charge in [-0.25, -0.2) is 0 Å². The number of rotatable bonds is 0. The third kappa shape index (κ3) is 49.4. The van der Waals surface area contributed by atoms with Gasteiger partial charge in [-0.05, 0) is 0 Å². The molecule has 0 bridgehead atoms. The van der Waals surface area contributed by atoms with Crippen LogP contribution in [0.4, 0.5) is 0 Å². The molecule has 0 saturated carbocycles. The molecule has 0 fully saturated rings. The molecule has 0 saturated heterocycles. The molecule has 0 rings (SSSR count). The van der Waals surface area contributed by atoms with Gasteiger partial charge in [-0.3, -0.25) is 0 Å². The first kappa shape index (κ1) is 16.8. The molecular formula is C4H14Pb. The monoisotopic (exact) mass is 270 g/mol. The fourth-order valence-corrected chi connectivity index (χ4v) is 0. The molecule has 0 amide bonds. The minimum atomic E-state index is 0. The predicted molar refractivity (Wildman–Crippen MR) is 32.0 cm³/mol. The molecule has 0 aliphatic carbocycles. The van der Waals surface area contributed by atoms with Crippen molar-refractivity contribution in [3.63, 3.8) is 0 Å². The van der Waals surface area contributed by atoms with Crippen molar-refractivity contribution >= 4 is 27.3 Å². The Bertz CT molecular complexity index is 9.65. The van der Waals surface area contributed by atoms with Crippen LogP contribution in [0.15, 0.2) is 0 Å². The van der Waals surface area contributed by atoms with Crippen molar-refractivity contribution in [1.29, 1.82) is 0 Å². The smallest absolute Gasteiger partial charge is 0 e. The Balaban J connectivity index is -0.00000000267. The van der Waals surface area contributed by atoms with E-state index in [0.717, 1.165) is 0 Å². The summed E-state index contributed by atoms with van der Waals surface area (Å²) in [6, 6.07) is 0. The molecule has 0 aliphatic heterocycles. The predicted octanol–water partition coefficient (Wildman–Crippen LogP) is 1.79. The molecule has 0 spiro atoms. The summed E-state index contributed by atoms with van der Waals surface area (Å²) in [5.74, 6) is 0. The SMILES string of the molecule is [CH2]C.[CH2]C.[HH].[HH].[Pb]. The fourth-order valence-electron chi connectivity index (χ4n) is 0. The van der Waals surface area contributed by atoms with E-state index in [2.05, 4.69) is 13.8 Å². The normalized spacial score (nSPS) is 2.40. The molecule has 0 N–H and O–H groups in total. The van der Waals surface area contributed by atoms with Crippen molar-refractivity contribution in [3.8, 4) is 0 Å². The van der Waals surface area contributed by atoms with E-state index in [1.807, 2.05) is 0 Å². The average molecular weight is 269 g/mol. The first-order valence-electron chi connectivity index (χ1n) is 1.41. The third-order valence-electron chi connectivity index (χ3n) is 0. The Morgan fingerprint density at radius 2 is 1.00 bits per heavy atom. The summed E-state index contributed by atoms with van der Waals surface area (Å²) in [4.78, 5) is 0. The number of hydrogen-bond acceptors (Lipinski definition) is 0. The van der Waals surface area contributed by atoms with E-state index in [9.17, 15) is 0 Å². The van der Waals surface area contributed by atoms with Gasteiger partial charge < -0.3 is 0 Å². The molecule has 0 aromatic heterocycles. The summed E-state index contributed by atoms with van der Waals surface area (Å²) in [5.41, 5.74) is 0. The maximum atomic E-state index is 3.25. The second kappa shape index (κ2) is 89.1. The summed E-state index contributed by atoms with van der Waals surface area (Å²) in [6.07, 6.45) is 0. The molecule has 1 heteroatoms. The van der Waals surface area contributed by atoms with Gasteiger partial charge in [-0.2, -0.15) is 0 Å². The van der Waals surface area contributed by atoms with Gasteiger partial charge >= 0.3 is 0 Å². The van der Waals surface area contributed by atoms with Gasteiger partial charge in [-0.1, -0.05) is 27.7 Å². The van der Waals surface area contributed by atoms with Crippen LogP contribution >= 0.6 is 0 Å². The minimum absolute atomic E-state index is 0. The largest absolute Gasteiger partial charge is 0.0654 e. The van der Waals surface area contributed by atoms with Crippen molar-refractivity contribution in [3.05, 3.63) is 13.8 Å². The molecule has 0 aromatic carbocycles. The van der Waals surface area contributed by atoms with Crippen LogP contribution in [-0.4, -0.2) is 27.3 Å². The van der Waals surface area contributed by atoms with Crippen LogP contribution in [0.2, 0.25) is 0 Å². The Hall–Kier alpha value is 0.922. The van der Waals surface area contributed by atoms with E-state index in [1.165, 1.54) is 0 Å². The maximum absolute atomic E-state index is 3.25. The van der Waals surface area contributed by atoms with Crippen LogP contribution in [0.3, 0.4) is 0 Å². The van der Waals surface area contributed by atoms with E-state index in [4.69, 9.17) is 0 Å². The molecule has 5 heavy (non-hydrogen) atoms. The van der Waals surface area contributed by atoms with Crippen molar-refractivity contribution < 1.29 is 2.85 Å². The van der Waals surface area contributed by atoms with E-state index in [1.54, 1.807) is 13.8 Å². The zero-order valence-electron chi connectivity index (χ0n) is 3.91. The van der Waals surface area contributed by atoms with Crippen LogP contribution in [0.1, 0.15) is 16.7 Å². The molecule has 0 aromatic rings. The van der Waals surface area contributed by atoms with Gasteiger partial charge in [0.2, 0.25) is 0 Å². The first-order chi connectivity index (χ1) is 2.00. The Morgan fingerprint density at radius 1 is 1.00 bits per heavy atom. The average Bonchev–Trinajstić information content (AvgIpc) is 1.50. The molecule has 34 valence electrons. The topological polar surface area (TPSA) is 0 Å². The van der Waals surface area contributed by atoms with Gasteiger partial charge in [0, 0.05) is 30.2 Å². The van der Waals surface area contributed by atoms with Crippen LogP contribution in [0.25, 0.3) is 0 Å². The standard InChI is InChI=1S/2C2H5.Pb.2H2/c2*1-2;;;/h2*1H2,2H3;;2*1H. The van der Waals surface area contributed by atoms with Crippen molar-refractivity contribution in [2.75, 3.05) is 0 Å². The zero-order chi connectivity index (χ0) is 4.00. The first-order valence-corrected chi connectivity index (χ1v) is 1.41. The van der Waals surface area contributed by atoms with Crippen LogP contribution in [0.5, 0.6) is 0 Å². The molecule has 0 atom stereocenters. The van der Waals surface area contributed by atoms with Crippen LogP contribution in [0, 0.1) is 13.8 Å². The third-order valence-corrected chi connectivity index (χ3v) is 0. The zero-order valence-corrected chi connectivity index (χ0v) is 7.80.